The van der Waals surface area contributed by atoms with E-state index in [0.717, 1.165) is 0 Å². The predicted molar refractivity (Wildman–Crippen MR) is 108 cm³/mol. The molecule has 1 aliphatic rings. The molecule has 1 saturated heterocycles. The van der Waals surface area contributed by atoms with Crippen LogP contribution in [-0.2, 0) is 24.3 Å². The van der Waals surface area contributed by atoms with Crippen molar-refractivity contribution in [2.24, 2.45) is 11.8 Å². The van der Waals surface area contributed by atoms with Crippen molar-refractivity contribution in [2.45, 2.75) is 44.6 Å². The summed E-state index contributed by atoms with van der Waals surface area (Å²) in [5.41, 5.74) is 0. The van der Waals surface area contributed by atoms with E-state index in [1.165, 1.54) is 19.2 Å². The van der Waals surface area contributed by atoms with E-state index in [9.17, 15) is 18.0 Å². The number of carbonyl (C=O) groups excluding carboxylic acids is 2. The second-order valence-electron chi connectivity index (χ2n) is 7.37. The Hall–Kier alpha value is -2.13. The molecular formula is C20H30N2O6S. The third kappa shape index (κ3) is 5.93. The third-order valence-electron chi connectivity index (χ3n) is 5.01. The molecular weight excluding hydrogens is 396 g/mol. The van der Waals surface area contributed by atoms with E-state index >= 15 is 0 Å². The maximum absolute atomic E-state index is 13.0. The molecule has 0 bridgehead atoms. The number of benzene rings is 1. The standard InChI is InChI=1S/C20H30N2O6S/c1-5-28-20(24)15-10-12-22(13-11-15)19(23)18(14(2)3)21-29(25,26)17-8-6-16(27-4)7-9-17/h6-9,14-15,18,21H,5,10-13H2,1-4H3/t18-/m0/s1. The zero-order valence-corrected chi connectivity index (χ0v) is 18.2. The van der Waals surface area contributed by atoms with Gasteiger partial charge in [-0.25, -0.2) is 8.42 Å². The van der Waals surface area contributed by atoms with Gasteiger partial charge in [-0.3, -0.25) is 9.59 Å². The lowest BCUT2D eigenvalue weighted by Gasteiger charge is -2.34. The molecule has 1 fully saturated rings. The Morgan fingerprint density at radius 3 is 2.24 bits per heavy atom. The highest BCUT2D eigenvalue weighted by molar-refractivity contribution is 7.89. The molecule has 9 heteroatoms. The Labute approximate surface area is 172 Å². The lowest BCUT2D eigenvalue weighted by atomic mass is 9.95. The fourth-order valence-corrected chi connectivity index (χ4v) is 4.59. The number of piperidine rings is 1. The SMILES string of the molecule is CCOC(=O)C1CCN(C(=O)[C@@H](NS(=O)(=O)c2ccc(OC)cc2)C(C)C)CC1. The topological polar surface area (TPSA) is 102 Å². The number of rotatable bonds is 8. The molecule has 0 unspecified atom stereocenters. The highest BCUT2D eigenvalue weighted by atomic mass is 32.2. The minimum Gasteiger partial charge on any atom is -0.497 e. The quantitative estimate of drug-likeness (QED) is 0.636. The van der Waals surface area contributed by atoms with Gasteiger partial charge in [0.05, 0.1) is 24.5 Å². The summed E-state index contributed by atoms with van der Waals surface area (Å²) < 4.78 is 38.2. The number of esters is 1. The number of hydrogen-bond donors (Lipinski definition) is 1. The van der Waals surface area contributed by atoms with Crippen molar-refractivity contribution in [3.05, 3.63) is 24.3 Å². The minimum atomic E-state index is -3.87. The van der Waals surface area contributed by atoms with Crippen LogP contribution in [0.25, 0.3) is 0 Å². The molecule has 162 valence electrons. The highest BCUT2D eigenvalue weighted by Gasteiger charge is 2.35. The monoisotopic (exact) mass is 426 g/mol. The van der Waals surface area contributed by atoms with Crippen molar-refractivity contribution in [2.75, 3.05) is 26.8 Å². The highest BCUT2D eigenvalue weighted by Crippen LogP contribution is 2.22. The summed E-state index contributed by atoms with van der Waals surface area (Å²) in [6.07, 6.45) is 1.03. The van der Waals surface area contributed by atoms with Gasteiger partial charge in [-0.15, -0.1) is 0 Å². The molecule has 1 aromatic carbocycles. The number of ether oxygens (including phenoxy) is 2. The van der Waals surface area contributed by atoms with Crippen LogP contribution >= 0.6 is 0 Å². The van der Waals surface area contributed by atoms with Crippen LogP contribution in [0, 0.1) is 11.8 Å². The van der Waals surface area contributed by atoms with Gasteiger partial charge in [0.1, 0.15) is 11.8 Å². The van der Waals surface area contributed by atoms with E-state index in [1.807, 2.05) is 0 Å². The van der Waals surface area contributed by atoms with Gasteiger partial charge in [0.25, 0.3) is 0 Å². The molecule has 0 spiro atoms. The molecule has 0 aliphatic carbocycles. The van der Waals surface area contributed by atoms with Crippen LogP contribution in [0.15, 0.2) is 29.2 Å². The van der Waals surface area contributed by atoms with E-state index in [-0.39, 0.29) is 28.6 Å². The zero-order valence-electron chi connectivity index (χ0n) is 17.4. The summed E-state index contributed by atoms with van der Waals surface area (Å²) in [7, 11) is -2.37. The van der Waals surface area contributed by atoms with Gasteiger partial charge in [0.15, 0.2) is 0 Å². The van der Waals surface area contributed by atoms with Crippen LogP contribution in [0.4, 0.5) is 0 Å². The number of nitrogens with one attached hydrogen (secondary N) is 1. The third-order valence-corrected chi connectivity index (χ3v) is 6.47. The van der Waals surface area contributed by atoms with Crippen molar-refractivity contribution in [3.8, 4) is 5.75 Å². The maximum Gasteiger partial charge on any atom is 0.309 e. The largest absolute Gasteiger partial charge is 0.497 e. The summed E-state index contributed by atoms with van der Waals surface area (Å²) >= 11 is 0. The van der Waals surface area contributed by atoms with Crippen molar-refractivity contribution in [1.82, 2.24) is 9.62 Å². The Morgan fingerprint density at radius 2 is 1.76 bits per heavy atom. The molecule has 1 N–H and O–H groups in total. The average Bonchev–Trinajstić information content (AvgIpc) is 2.71. The number of likely N-dealkylation sites (tertiary alicyclic amines) is 1. The van der Waals surface area contributed by atoms with Crippen LogP contribution in [0.3, 0.4) is 0 Å². The predicted octanol–water partition coefficient (Wildman–Crippen LogP) is 1.80. The van der Waals surface area contributed by atoms with Crippen LogP contribution in [0.2, 0.25) is 0 Å². The maximum atomic E-state index is 13.0. The van der Waals surface area contributed by atoms with E-state index < -0.39 is 16.1 Å². The number of nitrogens with zero attached hydrogens (tertiary/aromatic N) is 1. The van der Waals surface area contributed by atoms with Gasteiger partial charge in [0.2, 0.25) is 15.9 Å². The molecule has 0 aromatic heterocycles. The first-order valence-corrected chi connectivity index (χ1v) is 11.3. The molecule has 2 rings (SSSR count). The van der Waals surface area contributed by atoms with Crippen molar-refractivity contribution in [3.63, 3.8) is 0 Å². The average molecular weight is 427 g/mol. The number of sulfonamides is 1. The molecule has 1 heterocycles. The first kappa shape index (κ1) is 23.2. The van der Waals surface area contributed by atoms with Crippen molar-refractivity contribution < 1.29 is 27.5 Å². The second kappa shape index (κ2) is 10.1. The molecule has 8 nitrogen and oxygen atoms in total. The summed E-state index contributed by atoms with van der Waals surface area (Å²) in [5, 5.41) is 0. The Balaban J connectivity index is 2.07. The van der Waals surface area contributed by atoms with Gasteiger partial charge >= 0.3 is 5.97 Å². The van der Waals surface area contributed by atoms with E-state index in [0.29, 0.717) is 38.3 Å². The minimum absolute atomic E-state index is 0.0674. The molecule has 0 saturated carbocycles. The van der Waals surface area contributed by atoms with Crippen molar-refractivity contribution >= 4 is 21.9 Å². The van der Waals surface area contributed by atoms with E-state index in [2.05, 4.69) is 4.72 Å². The Kier molecular flexibility index (Phi) is 8.04. The Bertz CT molecular complexity index is 799. The zero-order chi connectivity index (χ0) is 21.6. The fraction of sp³-hybridized carbons (Fsp3) is 0.600. The van der Waals surface area contributed by atoms with Crippen LogP contribution < -0.4 is 9.46 Å². The lowest BCUT2D eigenvalue weighted by molar-refractivity contribution is -0.151. The molecule has 29 heavy (non-hydrogen) atoms. The van der Waals surface area contributed by atoms with Gasteiger partial charge in [-0.1, -0.05) is 13.8 Å². The lowest BCUT2D eigenvalue weighted by Crippen LogP contribution is -2.53. The normalized spacial score (nSPS) is 16.5. The summed E-state index contributed by atoms with van der Waals surface area (Å²) in [5.74, 6) is -0.421. The summed E-state index contributed by atoms with van der Waals surface area (Å²) in [6, 6.07) is 5.10. The number of hydrogen-bond acceptors (Lipinski definition) is 6. The van der Waals surface area contributed by atoms with Gasteiger partial charge < -0.3 is 14.4 Å². The first-order valence-electron chi connectivity index (χ1n) is 9.81. The first-order chi connectivity index (χ1) is 13.7. The van der Waals surface area contributed by atoms with Crippen molar-refractivity contribution in [1.29, 1.82) is 0 Å². The van der Waals surface area contributed by atoms with Crippen LogP contribution in [0.5, 0.6) is 5.75 Å². The molecule has 1 aromatic rings. The Morgan fingerprint density at radius 1 is 1.17 bits per heavy atom. The summed E-state index contributed by atoms with van der Waals surface area (Å²) in [6.45, 7) is 6.49. The number of carbonyl (C=O) groups is 2. The van der Waals surface area contributed by atoms with E-state index in [4.69, 9.17) is 9.47 Å². The number of amides is 1. The number of methoxy groups -OCH3 is 1. The molecule has 0 radical (unpaired) electrons. The van der Waals surface area contributed by atoms with E-state index in [1.54, 1.807) is 37.8 Å². The smallest absolute Gasteiger partial charge is 0.309 e. The molecule has 1 atom stereocenters. The van der Waals surface area contributed by atoms with Crippen LogP contribution in [0.1, 0.15) is 33.6 Å². The van der Waals surface area contributed by atoms with Gasteiger partial charge in [0, 0.05) is 13.1 Å². The molecule has 1 amide bonds. The summed E-state index contributed by atoms with van der Waals surface area (Å²) in [4.78, 5) is 26.6. The molecule has 1 aliphatic heterocycles. The fourth-order valence-electron chi connectivity index (χ4n) is 3.25. The van der Waals surface area contributed by atoms with Gasteiger partial charge in [-0.2, -0.15) is 4.72 Å². The second-order valence-corrected chi connectivity index (χ2v) is 9.08. The van der Waals surface area contributed by atoms with Crippen LogP contribution in [-0.4, -0.2) is 58.0 Å². The van der Waals surface area contributed by atoms with Gasteiger partial charge in [-0.05, 0) is 49.9 Å².